The van der Waals surface area contributed by atoms with Gasteiger partial charge in [0.1, 0.15) is 11.4 Å². The van der Waals surface area contributed by atoms with Crippen molar-refractivity contribution in [3.8, 4) is 0 Å². The number of benzene rings is 3. The van der Waals surface area contributed by atoms with Crippen LogP contribution < -0.4 is 5.32 Å². The van der Waals surface area contributed by atoms with Gasteiger partial charge in [-0.05, 0) is 35.4 Å². The molecule has 0 aromatic heterocycles. The Kier molecular flexibility index (Phi) is 4.39. The lowest BCUT2D eigenvalue weighted by Crippen LogP contribution is -2.41. The second kappa shape index (κ2) is 6.76. The van der Waals surface area contributed by atoms with Crippen molar-refractivity contribution in [2.75, 3.05) is 6.54 Å². The highest BCUT2D eigenvalue weighted by molar-refractivity contribution is 7.90. The first-order valence-corrected chi connectivity index (χ1v) is 10.3. The van der Waals surface area contributed by atoms with E-state index in [2.05, 4.69) is 5.32 Å². The SMILES string of the molecule is C[C@@H](NC(=O)CN1C(=O)c2ccccc2S1(=O)=O)c1cccc2ccccc12. The lowest BCUT2D eigenvalue weighted by atomic mass is 10.00. The summed E-state index contributed by atoms with van der Waals surface area (Å²) < 4.78 is 25.8. The number of nitrogens with one attached hydrogen (secondary N) is 1. The zero-order chi connectivity index (χ0) is 19.9. The maximum atomic E-state index is 12.6. The van der Waals surface area contributed by atoms with E-state index in [0.717, 1.165) is 16.3 Å². The second-order valence-corrected chi connectivity index (χ2v) is 8.50. The maximum absolute atomic E-state index is 12.6. The average Bonchev–Trinajstić information content (AvgIpc) is 2.88. The number of amides is 2. The van der Waals surface area contributed by atoms with E-state index in [1.54, 1.807) is 12.1 Å². The summed E-state index contributed by atoms with van der Waals surface area (Å²) in [5, 5.41) is 4.86. The molecule has 0 fully saturated rings. The van der Waals surface area contributed by atoms with Crippen LogP contribution in [0.2, 0.25) is 0 Å². The van der Waals surface area contributed by atoms with E-state index in [1.807, 2.05) is 49.4 Å². The van der Waals surface area contributed by atoms with Gasteiger partial charge in [-0.1, -0.05) is 54.6 Å². The second-order valence-electron chi connectivity index (χ2n) is 6.67. The summed E-state index contributed by atoms with van der Waals surface area (Å²) >= 11 is 0. The number of carbonyl (C=O) groups is 2. The van der Waals surface area contributed by atoms with Gasteiger partial charge in [0.05, 0.1) is 11.6 Å². The Morgan fingerprint density at radius 3 is 2.46 bits per heavy atom. The van der Waals surface area contributed by atoms with Crippen LogP contribution in [0.1, 0.15) is 28.9 Å². The number of hydrogen-bond acceptors (Lipinski definition) is 4. The zero-order valence-electron chi connectivity index (χ0n) is 15.1. The van der Waals surface area contributed by atoms with Crippen LogP contribution in [-0.2, 0) is 14.8 Å². The van der Waals surface area contributed by atoms with E-state index in [1.165, 1.54) is 12.1 Å². The van der Waals surface area contributed by atoms with Crippen LogP contribution >= 0.6 is 0 Å². The van der Waals surface area contributed by atoms with E-state index >= 15 is 0 Å². The number of carbonyl (C=O) groups excluding carboxylic acids is 2. The van der Waals surface area contributed by atoms with Crippen molar-refractivity contribution in [1.29, 1.82) is 0 Å². The van der Waals surface area contributed by atoms with Gasteiger partial charge in [0.2, 0.25) is 5.91 Å². The summed E-state index contributed by atoms with van der Waals surface area (Å²) in [5.41, 5.74) is 1.02. The van der Waals surface area contributed by atoms with Crippen LogP contribution in [0.15, 0.2) is 71.6 Å². The summed E-state index contributed by atoms with van der Waals surface area (Å²) in [7, 11) is -4.00. The van der Waals surface area contributed by atoms with Gasteiger partial charge in [-0.15, -0.1) is 0 Å². The Balaban J connectivity index is 1.54. The zero-order valence-corrected chi connectivity index (χ0v) is 15.9. The molecular formula is C21H18N2O4S. The molecule has 4 rings (SSSR count). The van der Waals surface area contributed by atoms with E-state index < -0.39 is 28.4 Å². The van der Waals surface area contributed by atoms with Gasteiger partial charge < -0.3 is 5.32 Å². The molecule has 1 aliphatic heterocycles. The molecule has 142 valence electrons. The average molecular weight is 394 g/mol. The first-order chi connectivity index (χ1) is 13.4. The molecule has 6 nitrogen and oxygen atoms in total. The van der Waals surface area contributed by atoms with Crippen LogP contribution in [0, 0.1) is 0 Å². The van der Waals surface area contributed by atoms with Crippen molar-refractivity contribution >= 4 is 32.6 Å². The highest BCUT2D eigenvalue weighted by Crippen LogP contribution is 2.30. The van der Waals surface area contributed by atoms with E-state index in [4.69, 9.17) is 0 Å². The molecule has 0 spiro atoms. The molecule has 1 atom stereocenters. The molecule has 0 saturated heterocycles. The number of nitrogens with zero attached hydrogens (tertiary/aromatic N) is 1. The Morgan fingerprint density at radius 1 is 1.00 bits per heavy atom. The number of rotatable bonds is 4. The molecule has 0 unspecified atom stereocenters. The van der Waals surface area contributed by atoms with Crippen molar-refractivity contribution in [2.45, 2.75) is 17.9 Å². The summed E-state index contributed by atoms with van der Waals surface area (Å²) in [6.45, 7) is 1.28. The van der Waals surface area contributed by atoms with Gasteiger partial charge in [-0.25, -0.2) is 12.7 Å². The molecule has 1 N–H and O–H groups in total. The Morgan fingerprint density at radius 2 is 1.68 bits per heavy atom. The molecule has 3 aromatic carbocycles. The molecule has 1 aliphatic rings. The summed E-state index contributed by atoms with van der Waals surface area (Å²) in [5.74, 6) is -1.21. The summed E-state index contributed by atoms with van der Waals surface area (Å²) in [4.78, 5) is 24.9. The topological polar surface area (TPSA) is 83.6 Å². The first kappa shape index (κ1) is 18.2. The predicted octanol–water partition coefficient (Wildman–Crippen LogP) is 2.86. The molecule has 0 radical (unpaired) electrons. The Labute approximate surface area is 162 Å². The first-order valence-electron chi connectivity index (χ1n) is 8.83. The van der Waals surface area contributed by atoms with Gasteiger partial charge in [0, 0.05) is 0 Å². The lowest BCUT2D eigenvalue weighted by Gasteiger charge is -2.19. The van der Waals surface area contributed by atoms with Gasteiger partial charge in [0.25, 0.3) is 15.9 Å². The predicted molar refractivity (Wildman–Crippen MR) is 105 cm³/mol. The number of sulfonamides is 1. The molecule has 3 aromatic rings. The Hall–Kier alpha value is -3.19. The fourth-order valence-corrected chi connectivity index (χ4v) is 5.04. The molecule has 28 heavy (non-hydrogen) atoms. The molecule has 2 amide bonds. The van der Waals surface area contributed by atoms with E-state index in [9.17, 15) is 18.0 Å². The van der Waals surface area contributed by atoms with E-state index in [-0.39, 0.29) is 16.5 Å². The van der Waals surface area contributed by atoms with Crippen LogP contribution in [0.25, 0.3) is 10.8 Å². The van der Waals surface area contributed by atoms with Crippen molar-refractivity contribution in [3.63, 3.8) is 0 Å². The van der Waals surface area contributed by atoms with Crippen molar-refractivity contribution < 1.29 is 18.0 Å². The van der Waals surface area contributed by atoms with Crippen LogP contribution in [0.5, 0.6) is 0 Å². The maximum Gasteiger partial charge on any atom is 0.269 e. The molecular weight excluding hydrogens is 376 g/mol. The summed E-state index contributed by atoms with van der Waals surface area (Å²) in [6, 6.07) is 19.3. The molecule has 0 bridgehead atoms. The Bertz CT molecular complexity index is 1200. The van der Waals surface area contributed by atoms with Gasteiger partial charge in [-0.2, -0.15) is 0 Å². The fraction of sp³-hybridized carbons (Fsp3) is 0.143. The quantitative estimate of drug-likeness (QED) is 0.738. The van der Waals surface area contributed by atoms with Crippen molar-refractivity contribution in [1.82, 2.24) is 9.62 Å². The van der Waals surface area contributed by atoms with Crippen LogP contribution in [0.3, 0.4) is 0 Å². The highest BCUT2D eigenvalue weighted by Gasteiger charge is 2.41. The monoisotopic (exact) mass is 394 g/mol. The third kappa shape index (κ3) is 2.93. The fourth-order valence-electron chi connectivity index (χ4n) is 3.51. The van der Waals surface area contributed by atoms with Gasteiger partial charge in [-0.3, -0.25) is 9.59 Å². The smallest absolute Gasteiger partial charge is 0.269 e. The van der Waals surface area contributed by atoms with Crippen molar-refractivity contribution in [2.24, 2.45) is 0 Å². The molecule has 0 aliphatic carbocycles. The van der Waals surface area contributed by atoms with Crippen LogP contribution in [0.4, 0.5) is 0 Å². The van der Waals surface area contributed by atoms with Gasteiger partial charge in [0.15, 0.2) is 0 Å². The van der Waals surface area contributed by atoms with E-state index in [0.29, 0.717) is 4.31 Å². The molecule has 0 saturated carbocycles. The summed E-state index contributed by atoms with van der Waals surface area (Å²) in [6.07, 6.45) is 0. The van der Waals surface area contributed by atoms with Crippen LogP contribution in [-0.4, -0.2) is 31.1 Å². The number of fused-ring (bicyclic) bond motifs is 2. The third-order valence-electron chi connectivity index (χ3n) is 4.87. The molecule has 7 heteroatoms. The van der Waals surface area contributed by atoms with Gasteiger partial charge >= 0.3 is 0 Å². The normalized spacial score (nSPS) is 16.0. The largest absolute Gasteiger partial charge is 0.348 e. The minimum absolute atomic E-state index is 0.0603. The minimum Gasteiger partial charge on any atom is -0.348 e. The lowest BCUT2D eigenvalue weighted by molar-refractivity contribution is -0.121. The van der Waals surface area contributed by atoms with Crippen molar-refractivity contribution in [3.05, 3.63) is 77.9 Å². The third-order valence-corrected chi connectivity index (χ3v) is 6.65. The highest BCUT2D eigenvalue weighted by atomic mass is 32.2. The minimum atomic E-state index is -4.00. The molecule has 1 heterocycles. The number of hydrogen-bond donors (Lipinski definition) is 1. The standard InChI is InChI=1S/C21H18N2O4S/c1-14(16-11-6-8-15-7-2-3-9-17(15)16)22-20(24)13-23-21(25)18-10-4-5-12-19(18)28(23,26)27/h2-12,14H,13H2,1H3,(H,22,24)/t14-/m1/s1.